The molecule has 1 aliphatic rings. The van der Waals surface area contributed by atoms with Crippen LogP contribution in [0.5, 0.6) is 0 Å². The lowest BCUT2D eigenvalue weighted by atomic mass is 9.82. The van der Waals surface area contributed by atoms with E-state index in [9.17, 15) is 4.79 Å². The maximum Gasteiger partial charge on any atom is 0.166 e. The van der Waals surface area contributed by atoms with Gasteiger partial charge in [0.1, 0.15) is 0 Å². The second-order valence-electron chi connectivity index (χ2n) is 7.49. The fraction of sp³-hybridized carbons (Fsp3) is 0.208. The van der Waals surface area contributed by atoms with E-state index in [1.807, 2.05) is 48.7 Å². The first kappa shape index (κ1) is 18.1. The molecule has 1 atom stereocenters. The lowest BCUT2D eigenvalue weighted by Gasteiger charge is -2.23. The number of Topliss-reactive ketones (excluding diaryl/α,β-unsaturated/α-hetero) is 1. The van der Waals surface area contributed by atoms with Crippen molar-refractivity contribution in [2.75, 3.05) is 0 Å². The summed E-state index contributed by atoms with van der Waals surface area (Å²) in [5.74, 6) is 0.301. The number of hydrogen-bond donors (Lipinski definition) is 0. The molecule has 2 heterocycles. The summed E-state index contributed by atoms with van der Waals surface area (Å²) >= 11 is 6.08. The fourth-order valence-corrected chi connectivity index (χ4v) is 4.33. The third-order valence-electron chi connectivity index (χ3n) is 5.67. The van der Waals surface area contributed by atoms with Crippen LogP contribution >= 0.6 is 11.6 Å². The number of ketones is 1. The lowest BCUT2D eigenvalue weighted by molar-refractivity contribution is 0.0962. The summed E-state index contributed by atoms with van der Waals surface area (Å²) in [7, 11) is 0. The highest BCUT2D eigenvalue weighted by molar-refractivity contribution is 6.30. The van der Waals surface area contributed by atoms with Crippen LogP contribution in [0.4, 0.5) is 0 Å². The minimum Gasteiger partial charge on any atom is -0.294 e. The van der Waals surface area contributed by atoms with Gasteiger partial charge in [-0.05, 0) is 42.0 Å². The van der Waals surface area contributed by atoms with Gasteiger partial charge in [0.05, 0.1) is 17.0 Å². The van der Waals surface area contributed by atoms with Gasteiger partial charge in [-0.2, -0.15) is 5.10 Å². The van der Waals surface area contributed by atoms with E-state index in [0.717, 1.165) is 41.0 Å². The monoisotopic (exact) mass is 401 g/mol. The zero-order valence-electron chi connectivity index (χ0n) is 16.1. The molecule has 0 fully saturated rings. The van der Waals surface area contributed by atoms with Crippen molar-refractivity contribution in [3.63, 3.8) is 0 Å². The average Bonchev–Trinajstić information content (AvgIpc) is 3.11. The number of carbonyl (C=O) groups excluding carboxylic acids is 1. The first-order valence-corrected chi connectivity index (χ1v) is 10.3. The second-order valence-corrected chi connectivity index (χ2v) is 7.93. The lowest BCUT2D eigenvalue weighted by Crippen LogP contribution is -2.21. The second kappa shape index (κ2) is 7.12. The molecule has 4 aromatic rings. The Morgan fingerprint density at radius 1 is 1.07 bits per heavy atom. The molecule has 2 aromatic heterocycles. The zero-order chi connectivity index (χ0) is 20.0. The first-order valence-electron chi connectivity index (χ1n) is 9.89. The van der Waals surface area contributed by atoms with Crippen molar-refractivity contribution in [1.82, 2.24) is 14.6 Å². The molecule has 1 aliphatic carbocycles. The molecule has 0 bridgehead atoms. The van der Waals surface area contributed by atoms with Crippen LogP contribution in [0.1, 0.15) is 46.6 Å². The van der Waals surface area contributed by atoms with Crippen molar-refractivity contribution in [2.24, 2.45) is 0 Å². The number of carbonyl (C=O) groups is 1. The van der Waals surface area contributed by atoms with E-state index in [-0.39, 0.29) is 11.7 Å². The van der Waals surface area contributed by atoms with E-state index in [1.54, 1.807) is 4.52 Å². The van der Waals surface area contributed by atoms with Crippen LogP contribution in [0.25, 0.3) is 16.8 Å². The molecule has 5 heteroatoms. The normalized spacial score (nSPS) is 16.2. The molecule has 1 unspecified atom stereocenters. The van der Waals surface area contributed by atoms with Crippen LogP contribution in [0.15, 0.2) is 60.8 Å². The van der Waals surface area contributed by atoms with Gasteiger partial charge in [0.25, 0.3) is 0 Å². The van der Waals surface area contributed by atoms with E-state index in [4.69, 9.17) is 21.7 Å². The Morgan fingerprint density at radius 2 is 1.83 bits per heavy atom. The van der Waals surface area contributed by atoms with Crippen LogP contribution in [0.2, 0.25) is 5.02 Å². The van der Waals surface area contributed by atoms with Gasteiger partial charge in [0.15, 0.2) is 11.4 Å². The third-order valence-corrected chi connectivity index (χ3v) is 5.92. The van der Waals surface area contributed by atoms with E-state index < -0.39 is 0 Å². The highest BCUT2D eigenvalue weighted by Gasteiger charge is 2.29. The van der Waals surface area contributed by atoms with Gasteiger partial charge in [0, 0.05) is 23.2 Å². The molecule has 144 valence electrons. The van der Waals surface area contributed by atoms with E-state index in [1.165, 1.54) is 5.56 Å². The Hall–Kier alpha value is -2.98. The van der Waals surface area contributed by atoms with Gasteiger partial charge in [-0.1, -0.05) is 61.0 Å². The van der Waals surface area contributed by atoms with Crippen molar-refractivity contribution in [3.05, 3.63) is 88.3 Å². The molecule has 0 saturated heterocycles. The number of halogens is 1. The Bertz CT molecular complexity index is 1210. The van der Waals surface area contributed by atoms with Gasteiger partial charge in [0.2, 0.25) is 0 Å². The van der Waals surface area contributed by atoms with Gasteiger partial charge >= 0.3 is 0 Å². The fourth-order valence-electron chi connectivity index (χ4n) is 4.20. The summed E-state index contributed by atoms with van der Waals surface area (Å²) in [5.41, 5.74) is 6.56. The van der Waals surface area contributed by atoms with Gasteiger partial charge in [-0.3, -0.25) is 4.79 Å². The minimum atomic E-state index is 0.135. The molecule has 0 N–H and O–H groups in total. The smallest absolute Gasteiger partial charge is 0.166 e. The molecule has 0 aliphatic heterocycles. The minimum absolute atomic E-state index is 0.135. The maximum absolute atomic E-state index is 12.9. The van der Waals surface area contributed by atoms with Crippen molar-refractivity contribution in [3.8, 4) is 11.1 Å². The van der Waals surface area contributed by atoms with Crippen LogP contribution in [0.3, 0.4) is 0 Å². The number of hydrogen-bond acceptors (Lipinski definition) is 3. The number of nitrogens with zero attached hydrogens (tertiary/aromatic N) is 3. The summed E-state index contributed by atoms with van der Waals surface area (Å²) in [4.78, 5) is 17.8. The Kier molecular flexibility index (Phi) is 4.44. The van der Waals surface area contributed by atoms with Gasteiger partial charge in [-0.15, -0.1) is 0 Å². The third kappa shape index (κ3) is 3.14. The summed E-state index contributed by atoms with van der Waals surface area (Å²) in [5, 5.41) is 5.42. The molecule has 0 saturated carbocycles. The number of fused-ring (bicyclic) bond motifs is 2. The number of rotatable bonds is 3. The van der Waals surface area contributed by atoms with Crippen LogP contribution < -0.4 is 0 Å². The van der Waals surface area contributed by atoms with Crippen molar-refractivity contribution in [1.29, 1.82) is 0 Å². The zero-order valence-corrected chi connectivity index (χ0v) is 16.9. The quantitative estimate of drug-likeness (QED) is 0.453. The van der Waals surface area contributed by atoms with Crippen LogP contribution in [0, 0.1) is 0 Å². The average molecular weight is 402 g/mol. The van der Waals surface area contributed by atoms with Gasteiger partial charge < -0.3 is 0 Å². The number of aromatic nitrogens is 3. The van der Waals surface area contributed by atoms with Crippen molar-refractivity contribution >= 4 is 23.0 Å². The largest absolute Gasteiger partial charge is 0.294 e. The molecule has 2 aromatic carbocycles. The SMILES string of the molecule is CCc1nn2cc3c(nc2c1-c1ccc(Cl)cc1)CC(c1ccccc1)CC3=O. The Labute approximate surface area is 174 Å². The highest BCUT2D eigenvalue weighted by Crippen LogP contribution is 2.34. The number of aryl methyl sites for hydroxylation is 1. The molecule has 0 amide bonds. The predicted molar refractivity (Wildman–Crippen MR) is 115 cm³/mol. The van der Waals surface area contributed by atoms with Gasteiger partial charge in [-0.25, -0.2) is 9.50 Å². The summed E-state index contributed by atoms with van der Waals surface area (Å²) < 4.78 is 1.77. The van der Waals surface area contributed by atoms with E-state index in [0.29, 0.717) is 17.0 Å². The standard InChI is InChI=1S/C24H20ClN3O/c1-2-20-23(16-8-10-18(25)11-9-16)24-26-21-12-17(15-6-4-3-5-7-15)13-22(29)19(21)14-28(24)27-20/h3-11,14,17H,2,12-13H2,1H3. The Balaban J connectivity index is 1.66. The Morgan fingerprint density at radius 3 is 2.55 bits per heavy atom. The summed E-state index contributed by atoms with van der Waals surface area (Å²) in [6.45, 7) is 2.08. The molecular weight excluding hydrogens is 382 g/mol. The maximum atomic E-state index is 12.9. The summed E-state index contributed by atoms with van der Waals surface area (Å²) in [6, 6.07) is 18.0. The summed E-state index contributed by atoms with van der Waals surface area (Å²) in [6.07, 6.45) is 3.91. The highest BCUT2D eigenvalue weighted by atomic mass is 35.5. The molecule has 29 heavy (non-hydrogen) atoms. The molecule has 5 rings (SSSR count). The molecule has 0 spiro atoms. The van der Waals surface area contributed by atoms with E-state index >= 15 is 0 Å². The molecule has 4 nitrogen and oxygen atoms in total. The predicted octanol–water partition coefficient (Wildman–Crippen LogP) is 5.52. The van der Waals surface area contributed by atoms with Crippen LogP contribution in [-0.4, -0.2) is 20.4 Å². The van der Waals surface area contributed by atoms with Crippen molar-refractivity contribution in [2.45, 2.75) is 32.1 Å². The van der Waals surface area contributed by atoms with E-state index in [2.05, 4.69) is 19.1 Å². The topological polar surface area (TPSA) is 47.3 Å². The first-order chi connectivity index (χ1) is 14.1. The van der Waals surface area contributed by atoms with Crippen molar-refractivity contribution < 1.29 is 4.79 Å². The number of benzene rings is 2. The van der Waals surface area contributed by atoms with Crippen LogP contribution in [-0.2, 0) is 12.8 Å². The molecule has 0 radical (unpaired) electrons. The molecular formula is C24H20ClN3O.